The molecule has 4 nitrogen and oxygen atoms in total. The smallest absolute Gasteiger partial charge is 0.265 e. The lowest BCUT2D eigenvalue weighted by Gasteiger charge is -2.22. The largest absolute Gasteiger partial charge is 0.459 e. The zero-order valence-electron chi connectivity index (χ0n) is 14.8. The maximum Gasteiger partial charge on any atom is 0.265 e. The molecule has 0 saturated heterocycles. The van der Waals surface area contributed by atoms with Crippen molar-refractivity contribution in [2.24, 2.45) is 0 Å². The molecule has 6 heteroatoms. The van der Waals surface area contributed by atoms with E-state index in [4.69, 9.17) is 4.42 Å². The standard InChI is InChI=1S/C21H17FN2O2S/c1-13(18-11-14-7-3-6-10-17(14)26-18)24(2)21(25)19-12-23-20(27-19)15-8-4-5-9-16(15)22/h3-13H,1-2H3. The van der Waals surface area contributed by atoms with Gasteiger partial charge in [0.2, 0.25) is 0 Å². The van der Waals surface area contributed by atoms with Crippen molar-refractivity contribution < 1.29 is 13.6 Å². The molecule has 0 spiro atoms. The molecule has 2 aromatic heterocycles. The van der Waals surface area contributed by atoms with Crippen LogP contribution < -0.4 is 0 Å². The molecule has 2 heterocycles. The quantitative estimate of drug-likeness (QED) is 0.468. The van der Waals surface area contributed by atoms with Gasteiger partial charge in [-0.05, 0) is 31.2 Å². The molecule has 1 atom stereocenters. The second kappa shape index (κ2) is 6.96. The minimum Gasteiger partial charge on any atom is -0.459 e. The number of amides is 1. The molecule has 0 aliphatic rings. The number of carbonyl (C=O) groups is 1. The minimum absolute atomic E-state index is 0.178. The van der Waals surface area contributed by atoms with E-state index in [0.717, 1.165) is 11.0 Å². The second-order valence-corrected chi connectivity index (χ2v) is 7.32. The van der Waals surface area contributed by atoms with Crippen LogP contribution in [0.5, 0.6) is 0 Å². The molecule has 1 unspecified atom stereocenters. The third-order valence-corrected chi connectivity index (χ3v) is 5.60. The van der Waals surface area contributed by atoms with Crippen molar-refractivity contribution >= 4 is 28.2 Å². The Bertz CT molecular complexity index is 1090. The van der Waals surface area contributed by atoms with E-state index >= 15 is 0 Å². The van der Waals surface area contributed by atoms with E-state index < -0.39 is 0 Å². The van der Waals surface area contributed by atoms with Crippen LogP contribution in [-0.2, 0) is 0 Å². The van der Waals surface area contributed by atoms with E-state index in [1.807, 2.05) is 37.3 Å². The van der Waals surface area contributed by atoms with Gasteiger partial charge in [0, 0.05) is 18.0 Å². The van der Waals surface area contributed by atoms with Gasteiger partial charge in [0.1, 0.15) is 27.0 Å². The number of benzene rings is 2. The topological polar surface area (TPSA) is 46.3 Å². The Kier molecular flexibility index (Phi) is 4.49. The fourth-order valence-corrected chi connectivity index (χ4v) is 3.81. The van der Waals surface area contributed by atoms with E-state index in [2.05, 4.69) is 4.98 Å². The maximum absolute atomic E-state index is 14.0. The Morgan fingerprint density at radius 2 is 1.93 bits per heavy atom. The number of hydrogen-bond donors (Lipinski definition) is 0. The summed E-state index contributed by atoms with van der Waals surface area (Å²) >= 11 is 1.18. The molecule has 0 N–H and O–H groups in total. The second-order valence-electron chi connectivity index (χ2n) is 6.29. The molecular weight excluding hydrogens is 363 g/mol. The molecule has 2 aromatic carbocycles. The van der Waals surface area contributed by atoms with Crippen LogP contribution in [0.15, 0.2) is 65.2 Å². The molecular formula is C21H17FN2O2S. The summed E-state index contributed by atoms with van der Waals surface area (Å²) < 4.78 is 19.8. The Labute approximate surface area is 159 Å². The van der Waals surface area contributed by atoms with Crippen LogP contribution in [-0.4, -0.2) is 22.8 Å². The number of fused-ring (bicyclic) bond motifs is 1. The summed E-state index contributed by atoms with van der Waals surface area (Å²) in [5, 5.41) is 1.49. The molecule has 27 heavy (non-hydrogen) atoms. The van der Waals surface area contributed by atoms with Crippen molar-refractivity contribution in [3.8, 4) is 10.6 Å². The normalized spacial score (nSPS) is 12.3. The van der Waals surface area contributed by atoms with E-state index in [1.54, 1.807) is 30.1 Å². The number of aromatic nitrogens is 1. The number of para-hydroxylation sites is 1. The van der Waals surface area contributed by atoms with Gasteiger partial charge in [-0.3, -0.25) is 4.79 Å². The molecule has 0 aliphatic carbocycles. The van der Waals surface area contributed by atoms with Crippen molar-refractivity contribution in [3.63, 3.8) is 0 Å². The Hall–Kier alpha value is -2.99. The average Bonchev–Trinajstić information content (AvgIpc) is 3.33. The first-order valence-electron chi connectivity index (χ1n) is 8.51. The first kappa shape index (κ1) is 17.4. The monoisotopic (exact) mass is 380 g/mol. The zero-order valence-corrected chi connectivity index (χ0v) is 15.7. The molecule has 136 valence electrons. The number of thiazole rings is 1. The van der Waals surface area contributed by atoms with E-state index in [0.29, 0.717) is 21.2 Å². The van der Waals surface area contributed by atoms with Crippen LogP contribution in [0.1, 0.15) is 28.4 Å². The van der Waals surface area contributed by atoms with Gasteiger partial charge in [-0.2, -0.15) is 0 Å². The SMILES string of the molecule is CC(c1cc2ccccc2o1)N(C)C(=O)c1cnc(-c2ccccc2F)s1. The third kappa shape index (κ3) is 3.24. The van der Waals surface area contributed by atoms with Crippen molar-refractivity contribution in [1.29, 1.82) is 0 Å². The van der Waals surface area contributed by atoms with Crippen molar-refractivity contribution in [1.82, 2.24) is 9.88 Å². The summed E-state index contributed by atoms with van der Waals surface area (Å²) in [5.74, 6) is 0.184. The highest BCUT2D eigenvalue weighted by molar-refractivity contribution is 7.16. The van der Waals surface area contributed by atoms with Crippen LogP contribution in [0, 0.1) is 5.82 Å². The molecule has 4 aromatic rings. The van der Waals surface area contributed by atoms with Gasteiger partial charge < -0.3 is 9.32 Å². The number of rotatable bonds is 4. The summed E-state index contributed by atoms with van der Waals surface area (Å²) in [6.45, 7) is 1.91. The van der Waals surface area contributed by atoms with Gasteiger partial charge in [0.15, 0.2) is 0 Å². The van der Waals surface area contributed by atoms with Crippen LogP contribution in [0.2, 0.25) is 0 Å². The Morgan fingerprint density at radius 1 is 1.19 bits per heavy atom. The van der Waals surface area contributed by atoms with Crippen LogP contribution >= 0.6 is 11.3 Å². The van der Waals surface area contributed by atoms with Gasteiger partial charge >= 0.3 is 0 Å². The number of halogens is 1. The van der Waals surface area contributed by atoms with Crippen molar-refractivity contribution in [2.45, 2.75) is 13.0 Å². The summed E-state index contributed by atoms with van der Waals surface area (Å²) in [6, 6.07) is 15.8. The summed E-state index contributed by atoms with van der Waals surface area (Å²) in [6.07, 6.45) is 1.50. The lowest BCUT2D eigenvalue weighted by atomic mass is 10.2. The maximum atomic E-state index is 14.0. The van der Waals surface area contributed by atoms with E-state index in [1.165, 1.54) is 23.6 Å². The molecule has 4 rings (SSSR count). The third-order valence-electron chi connectivity index (χ3n) is 4.58. The minimum atomic E-state index is -0.352. The number of nitrogens with zero attached hydrogens (tertiary/aromatic N) is 2. The highest BCUT2D eigenvalue weighted by Gasteiger charge is 2.24. The molecule has 1 amide bonds. The molecule has 0 saturated carbocycles. The predicted molar refractivity (Wildman–Crippen MR) is 104 cm³/mol. The number of hydrogen-bond acceptors (Lipinski definition) is 4. The van der Waals surface area contributed by atoms with Gasteiger partial charge in [0.05, 0.1) is 12.2 Å². The first-order chi connectivity index (χ1) is 13.0. The molecule has 0 fully saturated rings. The van der Waals surface area contributed by atoms with Gasteiger partial charge in [-0.15, -0.1) is 11.3 Å². The van der Waals surface area contributed by atoms with Gasteiger partial charge in [-0.1, -0.05) is 30.3 Å². The number of carbonyl (C=O) groups excluding carboxylic acids is 1. The summed E-state index contributed by atoms with van der Waals surface area (Å²) in [5.41, 5.74) is 1.19. The Balaban J connectivity index is 1.58. The van der Waals surface area contributed by atoms with Crippen LogP contribution in [0.25, 0.3) is 21.5 Å². The van der Waals surface area contributed by atoms with Gasteiger partial charge in [-0.25, -0.2) is 9.37 Å². The lowest BCUT2D eigenvalue weighted by molar-refractivity contribution is 0.0732. The number of furan rings is 1. The van der Waals surface area contributed by atoms with Crippen molar-refractivity contribution in [3.05, 3.63) is 77.2 Å². The first-order valence-corrected chi connectivity index (χ1v) is 9.32. The van der Waals surface area contributed by atoms with Crippen LogP contribution in [0.3, 0.4) is 0 Å². The molecule has 0 bridgehead atoms. The molecule has 0 radical (unpaired) electrons. The average molecular weight is 380 g/mol. The Morgan fingerprint density at radius 3 is 2.70 bits per heavy atom. The van der Waals surface area contributed by atoms with E-state index in [9.17, 15) is 9.18 Å². The zero-order chi connectivity index (χ0) is 19.0. The van der Waals surface area contributed by atoms with Crippen molar-refractivity contribution in [2.75, 3.05) is 7.05 Å². The van der Waals surface area contributed by atoms with E-state index in [-0.39, 0.29) is 17.8 Å². The fourth-order valence-electron chi connectivity index (χ4n) is 2.88. The molecule has 0 aliphatic heterocycles. The van der Waals surface area contributed by atoms with Crippen LogP contribution in [0.4, 0.5) is 4.39 Å². The highest BCUT2D eigenvalue weighted by Crippen LogP contribution is 2.31. The fraction of sp³-hybridized carbons (Fsp3) is 0.143. The highest BCUT2D eigenvalue weighted by atomic mass is 32.1. The lowest BCUT2D eigenvalue weighted by Crippen LogP contribution is -2.28. The van der Waals surface area contributed by atoms with Gasteiger partial charge in [0.25, 0.3) is 5.91 Å². The summed E-state index contributed by atoms with van der Waals surface area (Å²) in [7, 11) is 1.72. The summed E-state index contributed by atoms with van der Waals surface area (Å²) in [4.78, 5) is 19.2. The predicted octanol–water partition coefficient (Wildman–Crippen LogP) is 5.53.